The third-order valence-electron chi connectivity index (χ3n) is 0.891. The van der Waals surface area contributed by atoms with E-state index in [9.17, 15) is 9.59 Å². The molecule has 0 saturated carbocycles. The van der Waals surface area contributed by atoms with Gasteiger partial charge in [-0.3, -0.25) is 4.79 Å². The zero-order valence-electron chi connectivity index (χ0n) is 7.20. The van der Waals surface area contributed by atoms with Gasteiger partial charge in [-0.05, 0) is 13.8 Å². The molecular formula is C7H11NO4. The van der Waals surface area contributed by atoms with Gasteiger partial charge in [-0.2, -0.15) is 0 Å². The van der Waals surface area contributed by atoms with Crippen molar-refractivity contribution in [3.8, 4) is 0 Å². The van der Waals surface area contributed by atoms with E-state index in [-0.39, 0.29) is 6.10 Å². The molecule has 0 unspecified atom stereocenters. The van der Waals surface area contributed by atoms with Crippen molar-refractivity contribution in [1.82, 2.24) is 0 Å². The number of oxime groups is 1. The summed E-state index contributed by atoms with van der Waals surface area (Å²) in [5.74, 6) is -1.99. The molecule has 0 aromatic rings. The Bertz CT molecular complexity index is 203. The van der Waals surface area contributed by atoms with Crippen molar-refractivity contribution in [2.24, 2.45) is 5.16 Å². The molecule has 0 atom stereocenters. The summed E-state index contributed by atoms with van der Waals surface area (Å²) in [4.78, 5) is 25.5. The molecule has 0 heterocycles. The maximum atomic E-state index is 10.6. The summed E-state index contributed by atoms with van der Waals surface area (Å²) in [6.45, 7) is 4.49. The van der Waals surface area contributed by atoms with Crippen LogP contribution in [-0.4, -0.2) is 28.7 Å². The molecule has 0 aromatic carbocycles. The van der Waals surface area contributed by atoms with Crippen molar-refractivity contribution in [2.45, 2.75) is 26.9 Å². The smallest absolute Gasteiger partial charge is 0.361 e. The Balaban J connectivity index is 4.40. The van der Waals surface area contributed by atoms with Gasteiger partial charge in [0.05, 0.1) is 0 Å². The Labute approximate surface area is 70.0 Å². The van der Waals surface area contributed by atoms with Crippen molar-refractivity contribution in [3.63, 3.8) is 0 Å². The molecule has 0 aliphatic carbocycles. The number of rotatable bonds is 4. The van der Waals surface area contributed by atoms with Crippen molar-refractivity contribution in [3.05, 3.63) is 0 Å². The Hall–Kier alpha value is -1.39. The number of aliphatic carboxylic acids is 1. The van der Waals surface area contributed by atoms with Crippen molar-refractivity contribution in [2.75, 3.05) is 0 Å². The van der Waals surface area contributed by atoms with Gasteiger partial charge in [0, 0.05) is 6.92 Å². The van der Waals surface area contributed by atoms with Gasteiger partial charge in [0.25, 0.3) is 0 Å². The number of carbonyl (C=O) groups excluding carboxylic acids is 1. The van der Waals surface area contributed by atoms with E-state index in [1.54, 1.807) is 13.8 Å². The Morgan fingerprint density at radius 1 is 1.42 bits per heavy atom. The highest BCUT2D eigenvalue weighted by atomic mass is 16.6. The van der Waals surface area contributed by atoms with Crippen LogP contribution in [0.4, 0.5) is 0 Å². The maximum Gasteiger partial charge on any atom is 0.361 e. The minimum Gasteiger partial charge on any atom is -0.476 e. The number of ketones is 1. The first-order valence-corrected chi connectivity index (χ1v) is 3.43. The lowest BCUT2D eigenvalue weighted by molar-refractivity contribution is -0.130. The molecule has 0 spiro atoms. The van der Waals surface area contributed by atoms with Gasteiger partial charge >= 0.3 is 5.97 Å². The van der Waals surface area contributed by atoms with E-state index in [2.05, 4.69) is 9.99 Å². The van der Waals surface area contributed by atoms with E-state index >= 15 is 0 Å². The van der Waals surface area contributed by atoms with Gasteiger partial charge in [-0.15, -0.1) is 0 Å². The fraction of sp³-hybridized carbons (Fsp3) is 0.571. The maximum absolute atomic E-state index is 10.6. The lowest BCUT2D eigenvalue weighted by Crippen LogP contribution is -2.22. The zero-order chi connectivity index (χ0) is 9.72. The Kier molecular flexibility index (Phi) is 3.96. The molecule has 0 rings (SSSR count). The first-order chi connectivity index (χ1) is 5.45. The highest BCUT2D eigenvalue weighted by molar-refractivity contribution is 6.63. The highest BCUT2D eigenvalue weighted by Gasteiger charge is 2.15. The van der Waals surface area contributed by atoms with E-state index in [0.717, 1.165) is 6.92 Å². The zero-order valence-corrected chi connectivity index (χ0v) is 7.20. The molecule has 0 aromatic heterocycles. The second-order valence-corrected chi connectivity index (χ2v) is 2.46. The van der Waals surface area contributed by atoms with Crippen LogP contribution in [0.2, 0.25) is 0 Å². The second kappa shape index (κ2) is 4.48. The fourth-order valence-electron chi connectivity index (χ4n) is 0.412. The van der Waals surface area contributed by atoms with Gasteiger partial charge in [-0.25, -0.2) is 4.79 Å². The summed E-state index contributed by atoms with van der Waals surface area (Å²) in [5, 5.41) is 11.6. The molecule has 0 saturated heterocycles. The lowest BCUT2D eigenvalue weighted by atomic mass is 10.3. The summed E-state index contributed by atoms with van der Waals surface area (Å²) >= 11 is 0. The summed E-state index contributed by atoms with van der Waals surface area (Å²) in [7, 11) is 0. The largest absolute Gasteiger partial charge is 0.476 e. The van der Waals surface area contributed by atoms with Crippen LogP contribution in [0.5, 0.6) is 0 Å². The van der Waals surface area contributed by atoms with Crippen LogP contribution in [0.15, 0.2) is 5.16 Å². The fourth-order valence-corrected chi connectivity index (χ4v) is 0.412. The lowest BCUT2D eigenvalue weighted by Gasteiger charge is -2.01. The van der Waals surface area contributed by atoms with Crippen LogP contribution >= 0.6 is 0 Å². The summed E-state index contributed by atoms with van der Waals surface area (Å²) in [6.07, 6.45) is -0.237. The molecule has 0 radical (unpaired) electrons. The predicted octanol–water partition coefficient (Wildman–Crippen LogP) is 0.441. The topological polar surface area (TPSA) is 76.0 Å². The van der Waals surface area contributed by atoms with E-state index in [1.165, 1.54) is 0 Å². The van der Waals surface area contributed by atoms with Crippen LogP contribution in [0.1, 0.15) is 20.8 Å². The predicted molar refractivity (Wildman–Crippen MR) is 42.0 cm³/mol. The van der Waals surface area contributed by atoms with Crippen molar-refractivity contribution in [1.29, 1.82) is 0 Å². The van der Waals surface area contributed by atoms with E-state index in [4.69, 9.17) is 5.11 Å². The molecule has 68 valence electrons. The van der Waals surface area contributed by atoms with Crippen LogP contribution in [0, 0.1) is 0 Å². The van der Waals surface area contributed by atoms with Crippen LogP contribution in [-0.2, 0) is 14.4 Å². The second-order valence-electron chi connectivity index (χ2n) is 2.46. The molecule has 12 heavy (non-hydrogen) atoms. The monoisotopic (exact) mass is 173 g/mol. The number of hydrogen-bond acceptors (Lipinski definition) is 4. The molecule has 0 bridgehead atoms. The van der Waals surface area contributed by atoms with Crippen LogP contribution < -0.4 is 0 Å². The SMILES string of the molecule is CC(=O)/C(=N\OC(C)C)C(=O)O. The van der Waals surface area contributed by atoms with Gasteiger partial charge in [-0.1, -0.05) is 5.16 Å². The molecule has 0 aliphatic heterocycles. The molecule has 0 aliphatic rings. The number of nitrogens with zero attached hydrogens (tertiary/aromatic N) is 1. The molecule has 5 nitrogen and oxygen atoms in total. The van der Waals surface area contributed by atoms with Gasteiger partial charge in [0.15, 0.2) is 5.78 Å². The average Bonchev–Trinajstić information content (AvgIpc) is 1.84. The first kappa shape index (κ1) is 10.6. The summed E-state index contributed by atoms with van der Waals surface area (Å²) < 4.78 is 0. The third kappa shape index (κ3) is 3.70. The molecular weight excluding hydrogens is 162 g/mol. The van der Waals surface area contributed by atoms with Gasteiger partial charge in [0.2, 0.25) is 5.71 Å². The number of Topliss-reactive ketones (excluding diaryl/α,β-unsaturated/α-hetero) is 1. The molecule has 0 amide bonds. The first-order valence-electron chi connectivity index (χ1n) is 3.43. The normalized spacial score (nSPS) is 11.5. The molecule has 1 N–H and O–H groups in total. The highest BCUT2D eigenvalue weighted by Crippen LogP contribution is 1.91. The third-order valence-corrected chi connectivity index (χ3v) is 0.891. The quantitative estimate of drug-likeness (QED) is 0.380. The number of carbonyl (C=O) groups is 2. The number of hydrogen-bond donors (Lipinski definition) is 1. The van der Waals surface area contributed by atoms with E-state index in [0.29, 0.717) is 0 Å². The number of carboxylic acid groups (broad SMARTS) is 1. The molecule has 5 heteroatoms. The van der Waals surface area contributed by atoms with Crippen molar-refractivity contribution < 1.29 is 19.5 Å². The Morgan fingerprint density at radius 3 is 2.17 bits per heavy atom. The summed E-state index contributed by atoms with van der Waals surface area (Å²) in [5.41, 5.74) is -0.580. The van der Waals surface area contributed by atoms with Crippen LogP contribution in [0.25, 0.3) is 0 Å². The minimum atomic E-state index is -1.37. The van der Waals surface area contributed by atoms with E-state index < -0.39 is 17.5 Å². The van der Waals surface area contributed by atoms with Crippen molar-refractivity contribution >= 4 is 17.5 Å². The van der Waals surface area contributed by atoms with E-state index in [1.807, 2.05) is 0 Å². The standard InChI is InChI=1S/C7H11NO4/c1-4(2)12-8-6(5(3)9)7(10)11/h4H,1-3H3,(H,10,11)/b8-6+. The van der Waals surface area contributed by atoms with Crippen LogP contribution in [0.3, 0.4) is 0 Å². The minimum absolute atomic E-state index is 0.237. The van der Waals surface area contributed by atoms with Gasteiger partial charge in [0.1, 0.15) is 6.10 Å². The van der Waals surface area contributed by atoms with Gasteiger partial charge < -0.3 is 9.94 Å². The average molecular weight is 173 g/mol. The number of carboxylic acids is 1. The summed E-state index contributed by atoms with van der Waals surface area (Å²) in [6, 6.07) is 0. The molecule has 0 fully saturated rings. The Morgan fingerprint density at radius 2 is 1.92 bits per heavy atom.